The predicted molar refractivity (Wildman–Crippen MR) is 274 cm³/mol. The van der Waals surface area contributed by atoms with Crippen molar-refractivity contribution in [3.05, 3.63) is 12.2 Å². The third-order valence-corrected chi connectivity index (χ3v) is 14.5. The molecule has 0 aromatic rings. The second kappa shape index (κ2) is 36.7. The molecular formula is C53H96N2O21. The van der Waals surface area contributed by atoms with E-state index >= 15 is 0 Å². The zero-order chi connectivity index (χ0) is 56.2. The summed E-state index contributed by atoms with van der Waals surface area (Å²) in [5.74, 6) is -6.12. The Morgan fingerprint density at radius 1 is 0.671 bits per heavy atom. The molecule has 3 heterocycles. The van der Waals surface area contributed by atoms with Crippen molar-refractivity contribution < 1.29 is 104 Å². The lowest BCUT2D eigenvalue weighted by molar-refractivity contribution is -0.386. The number of aliphatic hydroxyl groups excluding tert-OH is 11. The summed E-state index contributed by atoms with van der Waals surface area (Å²) < 4.78 is 34.6. The highest BCUT2D eigenvalue weighted by Gasteiger charge is 2.60. The van der Waals surface area contributed by atoms with E-state index in [2.05, 4.69) is 36.6 Å². The topological polar surface area (TPSA) is 373 Å². The van der Waals surface area contributed by atoms with Crippen molar-refractivity contribution in [1.82, 2.24) is 10.6 Å². The van der Waals surface area contributed by atoms with Gasteiger partial charge in [0.2, 0.25) is 11.8 Å². The Balaban J connectivity index is 1.71. The Bertz CT molecular complexity index is 1630. The molecule has 3 saturated heterocycles. The number of rotatable bonds is 39. The smallest absolute Gasteiger partial charge is 0.364 e. The van der Waals surface area contributed by atoms with Crippen LogP contribution in [0.25, 0.3) is 0 Å². The van der Waals surface area contributed by atoms with Gasteiger partial charge in [-0.2, -0.15) is 0 Å². The van der Waals surface area contributed by atoms with Gasteiger partial charge in [-0.15, -0.1) is 0 Å². The van der Waals surface area contributed by atoms with E-state index < -0.39 is 148 Å². The van der Waals surface area contributed by atoms with E-state index in [-0.39, 0.29) is 18.9 Å². The summed E-state index contributed by atoms with van der Waals surface area (Å²) in [7, 11) is 0. The van der Waals surface area contributed by atoms with E-state index in [0.717, 1.165) is 71.1 Å². The molecule has 3 fully saturated rings. The number of carbonyl (C=O) groups excluding carboxylic acids is 2. The summed E-state index contributed by atoms with van der Waals surface area (Å²) in [5.41, 5.74) is 0. The van der Waals surface area contributed by atoms with Crippen LogP contribution in [0.15, 0.2) is 12.2 Å². The molecule has 0 saturated carbocycles. The van der Waals surface area contributed by atoms with Crippen LogP contribution < -0.4 is 10.6 Å². The first-order chi connectivity index (χ1) is 36.4. The van der Waals surface area contributed by atoms with Crippen molar-refractivity contribution in [3.8, 4) is 0 Å². The quantitative estimate of drug-likeness (QED) is 0.0299. The molecule has 2 amide bonds. The Morgan fingerprint density at radius 2 is 1.24 bits per heavy atom. The fraction of sp³-hybridized carbons (Fsp3) is 0.906. The summed E-state index contributed by atoms with van der Waals surface area (Å²) in [5, 5.41) is 135. The molecule has 3 aliphatic heterocycles. The van der Waals surface area contributed by atoms with Crippen molar-refractivity contribution >= 4 is 17.8 Å². The van der Waals surface area contributed by atoms with Crippen LogP contribution >= 0.6 is 0 Å². The first-order valence-electron chi connectivity index (χ1n) is 28.0. The minimum absolute atomic E-state index is 0.213. The summed E-state index contributed by atoms with van der Waals surface area (Å²) in [4.78, 5) is 38.2. The minimum atomic E-state index is -3.08. The maximum absolute atomic E-state index is 13.3. The van der Waals surface area contributed by atoms with E-state index in [1.54, 1.807) is 0 Å². The van der Waals surface area contributed by atoms with Gasteiger partial charge in [0.1, 0.15) is 67.1 Å². The highest BCUT2D eigenvalue weighted by molar-refractivity contribution is 5.77. The van der Waals surface area contributed by atoms with Crippen LogP contribution in [0.4, 0.5) is 0 Å². The number of allylic oxidation sites excluding steroid dienone is 2. The number of ether oxygens (including phenoxy) is 6. The van der Waals surface area contributed by atoms with E-state index in [1.807, 2.05) is 0 Å². The third-order valence-electron chi connectivity index (χ3n) is 14.5. The van der Waals surface area contributed by atoms with Crippen LogP contribution in [0.5, 0.6) is 0 Å². The van der Waals surface area contributed by atoms with Crippen LogP contribution in [0.2, 0.25) is 0 Å². The van der Waals surface area contributed by atoms with E-state index in [4.69, 9.17) is 28.4 Å². The molecule has 23 nitrogen and oxygen atoms in total. The van der Waals surface area contributed by atoms with Gasteiger partial charge in [0.05, 0.1) is 50.7 Å². The van der Waals surface area contributed by atoms with Crippen molar-refractivity contribution in [3.63, 3.8) is 0 Å². The molecule has 14 N–H and O–H groups in total. The lowest BCUT2D eigenvalue weighted by Crippen LogP contribution is -2.70. The molecule has 0 aromatic carbocycles. The van der Waals surface area contributed by atoms with Crippen molar-refractivity contribution in [1.29, 1.82) is 0 Å². The molecule has 444 valence electrons. The molecule has 0 bridgehead atoms. The SMILES string of the molecule is CCCC/C=C\CCCCCCCC(=O)NC(COC1OC(CO)C(OC2OC(CO)C(O)C(OC3(C(=O)O)CC(O)C(NC(C)=O)C(C(O)C(O)CO)O3)C2O)C(O)C1O)C(O)CCCCCCCCCCCCC. The van der Waals surface area contributed by atoms with Crippen molar-refractivity contribution in [2.45, 2.75) is 278 Å². The first kappa shape index (κ1) is 67.7. The summed E-state index contributed by atoms with van der Waals surface area (Å²) >= 11 is 0. The highest BCUT2D eigenvalue weighted by atomic mass is 16.8. The lowest BCUT2D eigenvalue weighted by Gasteiger charge is -2.50. The first-order valence-corrected chi connectivity index (χ1v) is 28.0. The van der Waals surface area contributed by atoms with Gasteiger partial charge >= 0.3 is 5.97 Å². The molecule has 0 aromatic heterocycles. The van der Waals surface area contributed by atoms with Crippen LogP contribution in [0, 0.1) is 0 Å². The van der Waals surface area contributed by atoms with Crippen LogP contribution in [0.3, 0.4) is 0 Å². The molecule has 3 aliphatic rings. The summed E-state index contributed by atoms with van der Waals surface area (Å²) in [6.07, 6.45) is -2.96. The van der Waals surface area contributed by atoms with Gasteiger partial charge in [0.25, 0.3) is 5.79 Å². The molecule has 0 aliphatic carbocycles. The number of hydrogen-bond acceptors (Lipinski definition) is 20. The normalized spacial score (nSPS) is 31.7. The number of nitrogens with one attached hydrogen (secondary N) is 2. The Kier molecular flexibility index (Phi) is 32.7. The standard InChI is InChI=1S/C53H96N2O21/c1-4-6-8-10-12-14-16-18-20-22-24-26-35(60)34(55-40(63)27-25-23-21-19-17-15-13-11-9-7-5-2)32-71-50-45(67)44(66)47(39(31-58)73-50)74-51-46(68)49(43(65)38(30-57)72-51)76-53(52(69)70)28-36(61)41(54-33(3)59)48(75-53)42(64)37(62)29-56/h11,13,34-39,41-51,56-58,60-62,64-68H,4-10,12,14-32H2,1-3H3,(H,54,59)(H,55,63)(H,69,70)/b13-11-. The molecule has 3 rings (SSSR count). The van der Waals surface area contributed by atoms with Gasteiger partial charge in [0, 0.05) is 19.8 Å². The zero-order valence-corrected chi connectivity index (χ0v) is 45.1. The fourth-order valence-corrected chi connectivity index (χ4v) is 9.87. The highest BCUT2D eigenvalue weighted by Crippen LogP contribution is 2.38. The minimum Gasteiger partial charge on any atom is -0.477 e. The van der Waals surface area contributed by atoms with Gasteiger partial charge in [-0.3, -0.25) is 9.59 Å². The second-order valence-corrected chi connectivity index (χ2v) is 20.8. The average Bonchev–Trinajstić information content (AvgIpc) is 3.39. The maximum atomic E-state index is 13.3. The van der Waals surface area contributed by atoms with Crippen LogP contribution in [0.1, 0.15) is 168 Å². The van der Waals surface area contributed by atoms with Crippen molar-refractivity contribution in [2.24, 2.45) is 0 Å². The number of unbranched alkanes of at least 4 members (excludes halogenated alkanes) is 17. The number of aliphatic hydroxyl groups is 11. The Hall–Kier alpha value is -2.53. The maximum Gasteiger partial charge on any atom is 0.364 e. The van der Waals surface area contributed by atoms with Gasteiger partial charge < -0.3 is 100 Å². The van der Waals surface area contributed by atoms with E-state index in [1.165, 1.54) is 51.4 Å². The summed E-state index contributed by atoms with van der Waals surface area (Å²) in [6.45, 7) is 2.07. The van der Waals surface area contributed by atoms with Crippen molar-refractivity contribution in [2.75, 3.05) is 26.4 Å². The molecule has 23 heteroatoms. The average molecular weight is 1100 g/mol. The molecule has 0 radical (unpaired) electrons. The van der Waals surface area contributed by atoms with E-state index in [0.29, 0.717) is 19.3 Å². The van der Waals surface area contributed by atoms with Gasteiger partial charge in [-0.05, 0) is 32.1 Å². The fourth-order valence-electron chi connectivity index (χ4n) is 9.87. The second-order valence-electron chi connectivity index (χ2n) is 20.8. The number of amides is 2. The number of hydrogen-bond donors (Lipinski definition) is 14. The Labute approximate surface area is 448 Å². The number of carboxylic acids is 1. The summed E-state index contributed by atoms with van der Waals surface area (Å²) in [6, 6.07) is -2.53. The molecular weight excluding hydrogens is 1000 g/mol. The molecule has 76 heavy (non-hydrogen) atoms. The van der Waals surface area contributed by atoms with Gasteiger partial charge in [0.15, 0.2) is 12.6 Å². The number of aliphatic carboxylic acids is 1. The molecule has 0 spiro atoms. The largest absolute Gasteiger partial charge is 0.477 e. The molecule has 18 unspecified atom stereocenters. The van der Waals surface area contributed by atoms with Gasteiger partial charge in [-0.1, -0.05) is 129 Å². The zero-order valence-electron chi connectivity index (χ0n) is 45.1. The number of carboxylic acid groups (broad SMARTS) is 1. The predicted octanol–water partition coefficient (Wildman–Crippen LogP) is 0.825. The Morgan fingerprint density at radius 3 is 1.82 bits per heavy atom. The lowest BCUT2D eigenvalue weighted by atomic mass is 9.88. The number of carbonyl (C=O) groups is 3. The molecule has 18 atom stereocenters. The monoisotopic (exact) mass is 1100 g/mol. The van der Waals surface area contributed by atoms with Crippen LogP contribution in [-0.4, -0.2) is 215 Å². The third kappa shape index (κ3) is 21.8. The van der Waals surface area contributed by atoms with Gasteiger partial charge in [-0.25, -0.2) is 4.79 Å². The van der Waals surface area contributed by atoms with Crippen LogP contribution in [-0.2, 0) is 42.8 Å². The van der Waals surface area contributed by atoms with E-state index in [9.17, 15) is 75.7 Å².